The quantitative estimate of drug-likeness (QED) is 0.149. The minimum atomic E-state index is -4.58. The number of halogens is 6. The zero-order chi connectivity index (χ0) is 49.5. The number of hydrogen-bond acceptors (Lipinski definition) is 4. The first kappa shape index (κ1) is 44.4. The molecule has 72 heavy (non-hydrogen) atoms. The van der Waals surface area contributed by atoms with E-state index >= 15 is 0 Å². The average Bonchev–Trinajstić information content (AvgIpc) is 3.93. The van der Waals surface area contributed by atoms with Gasteiger partial charge in [-0.3, -0.25) is 0 Å². The van der Waals surface area contributed by atoms with Gasteiger partial charge in [0.1, 0.15) is 11.2 Å². The van der Waals surface area contributed by atoms with Gasteiger partial charge in [0.25, 0.3) is 0 Å². The zero-order valence-corrected chi connectivity index (χ0v) is 38.4. The van der Waals surface area contributed by atoms with E-state index < -0.39 is 23.5 Å². The van der Waals surface area contributed by atoms with Crippen molar-refractivity contribution >= 4 is 43.7 Å². The van der Waals surface area contributed by atoms with Crippen LogP contribution in [0.3, 0.4) is 0 Å². The van der Waals surface area contributed by atoms with Crippen molar-refractivity contribution in [3.05, 3.63) is 216 Å². The van der Waals surface area contributed by atoms with Crippen molar-refractivity contribution < 1.29 is 30.8 Å². The highest BCUT2D eigenvalue weighted by molar-refractivity contribution is 6.13. The third-order valence-corrected chi connectivity index (χ3v) is 13.1. The molecular weight excluding hydrogens is 919 g/mol. The minimum absolute atomic E-state index is 0.360. The van der Waals surface area contributed by atoms with Crippen molar-refractivity contribution in [2.45, 2.75) is 26.2 Å². The Morgan fingerprint density at radius 2 is 0.875 bits per heavy atom. The van der Waals surface area contributed by atoms with Gasteiger partial charge in [0.05, 0.1) is 27.8 Å². The molecule has 3 aromatic heterocycles. The summed E-state index contributed by atoms with van der Waals surface area (Å²) in [4.78, 5) is 15.4. The molecule has 0 aliphatic heterocycles. The van der Waals surface area contributed by atoms with Gasteiger partial charge >= 0.3 is 12.4 Å². The van der Waals surface area contributed by atoms with E-state index in [2.05, 4.69) is 4.57 Å². The molecule has 3 heterocycles. The summed E-state index contributed by atoms with van der Waals surface area (Å²) >= 11 is 0. The second-order valence-electron chi connectivity index (χ2n) is 18.0. The Balaban J connectivity index is 1.16. The molecule has 12 aromatic rings. The fourth-order valence-corrected chi connectivity index (χ4v) is 9.85. The molecule has 12 rings (SSSR count). The molecule has 0 amide bonds. The SMILES string of the molecule is Cc1cc(-c2ccc3c(c2)c2cc(-c4cc(C)cc(C(F)(F)F)c4)ccc2n3-c2ccc(-c3cccc4c3oc3ccccc34)cc2-c2nc(-c3ccccc3)nc(-c3ccccc3)n2)cc(C(F)(F)F)c1. The number of alkyl halides is 6. The third-order valence-electron chi connectivity index (χ3n) is 13.1. The maximum atomic E-state index is 14.2. The summed E-state index contributed by atoms with van der Waals surface area (Å²) in [6.07, 6.45) is -9.15. The van der Waals surface area contributed by atoms with Crippen LogP contribution in [-0.2, 0) is 12.4 Å². The summed E-state index contributed by atoms with van der Waals surface area (Å²) in [6.45, 7) is 3.25. The number of fused-ring (bicyclic) bond motifs is 6. The van der Waals surface area contributed by atoms with Crippen LogP contribution in [-0.4, -0.2) is 19.5 Å². The summed E-state index contributed by atoms with van der Waals surface area (Å²) in [6, 6.07) is 58.2. The van der Waals surface area contributed by atoms with E-state index in [4.69, 9.17) is 19.4 Å². The van der Waals surface area contributed by atoms with Gasteiger partial charge in [0.15, 0.2) is 17.5 Å². The van der Waals surface area contributed by atoms with Crippen LogP contribution < -0.4 is 0 Å². The van der Waals surface area contributed by atoms with E-state index in [1.54, 1.807) is 38.1 Å². The van der Waals surface area contributed by atoms with Crippen molar-refractivity contribution in [1.82, 2.24) is 19.5 Å². The van der Waals surface area contributed by atoms with E-state index in [-0.39, 0.29) is 0 Å². The van der Waals surface area contributed by atoms with Gasteiger partial charge in [0.2, 0.25) is 0 Å². The van der Waals surface area contributed by atoms with Gasteiger partial charge in [-0.15, -0.1) is 0 Å². The molecule has 0 saturated carbocycles. The first-order valence-corrected chi connectivity index (χ1v) is 23.1. The fraction of sp³-hybridized carbons (Fsp3) is 0.0656. The predicted molar refractivity (Wildman–Crippen MR) is 274 cm³/mol. The van der Waals surface area contributed by atoms with Gasteiger partial charge in [-0.2, -0.15) is 26.3 Å². The van der Waals surface area contributed by atoms with Crippen LogP contribution in [0.4, 0.5) is 26.3 Å². The molecule has 350 valence electrons. The maximum absolute atomic E-state index is 14.2. The number of aromatic nitrogens is 4. The van der Waals surface area contributed by atoms with Crippen LogP contribution in [0.25, 0.3) is 117 Å². The lowest BCUT2D eigenvalue weighted by atomic mass is 9.96. The van der Waals surface area contributed by atoms with Gasteiger partial charge in [-0.25, -0.2) is 15.0 Å². The van der Waals surface area contributed by atoms with Gasteiger partial charge in [-0.05, 0) is 120 Å². The largest absolute Gasteiger partial charge is 0.455 e. The summed E-state index contributed by atoms with van der Waals surface area (Å²) in [5, 5.41) is 3.26. The van der Waals surface area contributed by atoms with Crippen LogP contribution in [0.2, 0.25) is 0 Å². The number of rotatable bonds is 7. The Labute approximate surface area is 408 Å². The molecule has 0 bridgehead atoms. The highest BCUT2D eigenvalue weighted by Crippen LogP contribution is 2.44. The Kier molecular flexibility index (Phi) is 10.4. The molecule has 0 atom stereocenters. The number of para-hydroxylation sites is 2. The van der Waals surface area contributed by atoms with Gasteiger partial charge < -0.3 is 8.98 Å². The van der Waals surface area contributed by atoms with Gasteiger partial charge in [-0.1, -0.05) is 127 Å². The number of benzene rings is 9. The summed E-state index contributed by atoms with van der Waals surface area (Å²) in [5.41, 5.74) is 8.42. The Morgan fingerprint density at radius 3 is 1.43 bits per heavy atom. The number of nitrogens with zero attached hydrogens (tertiary/aromatic N) is 4. The highest BCUT2D eigenvalue weighted by atomic mass is 19.4. The minimum Gasteiger partial charge on any atom is -0.455 e. The first-order valence-electron chi connectivity index (χ1n) is 23.1. The van der Waals surface area contributed by atoms with E-state index in [0.717, 1.165) is 62.9 Å². The van der Waals surface area contributed by atoms with E-state index in [1.165, 1.54) is 0 Å². The molecule has 0 saturated heterocycles. The van der Waals surface area contributed by atoms with Crippen molar-refractivity contribution in [2.24, 2.45) is 0 Å². The number of hydrogen-bond donors (Lipinski definition) is 0. The Morgan fingerprint density at radius 1 is 0.375 bits per heavy atom. The maximum Gasteiger partial charge on any atom is 0.416 e. The predicted octanol–water partition coefficient (Wildman–Crippen LogP) is 17.5. The van der Waals surface area contributed by atoms with Crippen molar-refractivity contribution in [3.8, 4) is 73.2 Å². The van der Waals surface area contributed by atoms with Crippen LogP contribution in [0, 0.1) is 13.8 Å². The molecule has 0 radical (unpaired) electrons. The number of aryl methyl sites for hydroxylation is 2. The second kappa shape index (κ2) is 16.9. The summed E-state index contributed by atoms with van der Waals surface area (Å²) in [5.74, 6) is 1.25. The van der Waals surface area contributed by atoms with E-state index in [0.29, 0.717) is 89.5 Å². The normalized spacial score (nSPS) is 12.2. The van der Waals surface area contributed by atoms with Crippen LogP contribution in [0.5, 0.6) is 0 Å². The smallest absolute Gasteiger partial charge is 0.416 e. The van der Waals surface area contributed by atoms with Crippen molar-refractivity contribution in [3.63, 3.8) is 0 Å². The zero-order valence-electron chi connectivity index (χ0n) is 38.4. The topological polar surface area (TPSA) is 56.7 Å². The van der Waals surface area contributed by atoms with Crippen molar-refractivity contribution in [1.29, 1.82) is 0 Å². The fourth-order valence-electron chi connectivity index (χ4n) is 9.85. The molecule has 0 fully saturated rings. The van der Waals surface area contributed by atoms with Crippen LogP contribution in [0.1, 0.15) is 22.3 Å². The second-order valence-corrected chi connectivity index (χ2v) is 18.0. The molecule has 0 aliphatic rings. The lowest BCUT2D eigenvalue weighted by molar-refractivity contribution is -0.138. The van der Waals surface area contributed by atoms with Crippen LogP contribution >= 0.6 is 0 Å². The summed E-state index contributed by atoms with van der Waals surface area (Å²) in [7, 11) is 0. The summed E-state index contributed by atoms with van der Waals surface area (Å²) < 4.78 is 94.1. The standard InChI is InChI=1S/C61H38F6N4O/c1-35-26-42(30-44(28-35)60(62,63)64)39-20-23-52-49(32-39)50-33-40(43-27-36(2)29-45(31-43)61(65,66)67)21-24-53(50)71(52)54-25-22-41(46-17-11-18-48-47-16-9-10-19-55(47)72-56(46)48)34-51(54)59-69-57(37-12-5-3-6-13-37)68-58(70-59)38-14-7-4-8-15-38/h3-34H,1-2H3. The van der Waals surface area contributed by atoms with Gasteiger partial charge in [0, 0.05) is 43.8 Å². The molecule has 9 aromatic carbocycles. The number of furan rings is 1. The molecule has 5 nitrogen and oxygen atoms in total. The lowest BCUT2D eigenvalue weighted by Gasteiger charge is -2.17. The molecule has 11 heteroatoms. The first-order chi connectivity index (χ1) is 34.7. The van der Waals surface area contributed by atoms with E-state index in [9.17, 15) is 26.3 Å². The molecule has 0 aliphatic carbocycles. The van der Waals surface area contributed by atoms with Crippen molar-refractivity contribution in [2.75, 3.05) is 0 Å². The third kappa shape index (κ3) is 7.92. The Hall–Kier alpha value is -8.83. The molecular formula is C61H38F6N4O. The molecule has 0 unspecified atom stereocenters. The average molecular weight is 957 g/mol. The molecule has 0 N–H and O–H groups in total. The van der Waals surface area contributed by atoms with Crippen LogP contribution in [0.15, 0.2) is 199 Å². The van der Waals surface area contributed by atoms with E-state index in [1.807, 2.05) is 146 Å². The molecule has 0 spiro atoms. The lowest BCUT2D eigenvalue weighted by Crippen LogP contribution is -2.05. The Bertz CT molecular complexity index is 3920. The highest BCUT2D eigenvalue weighted by Gasteiger charge is 2.32. The monoisotopic (exact) mass is 956 g/mol.